The Morgan fingerprint density at radius 2 is 1.06 bits per heavy atom. The van der Waals surface area contributed by atoms with Gasteiger partial charge in [-0.25, -0.2) is 24.0 Å². The van der Waals surface area contributed by atoms with Crippen molar-refractivity contribution < 1.29 is 57.1 Å². The summed E-state index contributed by atoms with van der Waals surface area (Å²) in [6.07, 6.45) is 6.94. The Labute approximate surface area is 375 Å². The van der Waals surface area contributed by atoms with Gasteiger partial charge in [-0.15, -0.1) is 0 Å². The molecule has 0 fully saturated rings. The van der Waals surface area contributed by atoms with E-state index in [1.54, 1.807) is 76.2 Å². The van der Waals surface area contributed by atoms with Crippen molar-refractivity contribution in [2.75, 3.05) is 33.0 Å². The maximum Gasteiger partial charge on any atom is 0.343 e. The first kappa shape index (κ1) is 49.4. The highest BCUT2D eigenvalue weighted by atomic mass is 16.6. The Morgan fingerprint density at radius 3 is 1.62 bits per heavy atom. The topological polar surface area (TPSA) is 150 Å². The summed E-state index contributed by atoms with van der Waals surface area (Å²) in [7, 11) is 0. The number of rotatable bonds is 25. The largest absolute Gasteiger partial charge is 0.494 e. The number of aryl methyl sites for hydroxylation is 1. The fraction of sp³-hybridized carbons (Fsp3) is 0.288. The molecule has 0 bridgehead atoms. The molecular weight excluding hydrogens is 817 g/mol. The van der Waals surface area contributed by atoms with E-state index in [-0.39, 0.29) is 36.2 Å². The Morgan fingerprint density at radius 1 is 0.562 bits per heavy atom. The summed E-state index contributed by atoms with van der Waals surface area (Å²) in [6.45, 7) is 18.6. The van der Waals surface area contributed by atoms with Crippen molar-refractivity contribution in [3.8, 4) is 34.1 Å². The molecule has 0 unspecified atom stereocenters. The lowest BCUT2D eigenvalue weighted by Crippen LogP contribution is -2.23. The highest BCUT2D eigenvalue weighted by molar-refractivity contribution is 5.92. The second-order valence-corrected chi connectivity index (χ2v) is 15.2. The molecule has 0 aliphatic carbocycles. The van der Waals surface area contributed by atoms with Crippen LogP contribution >= 0.6 is 0 Å². The van der Waals surface area contributed by atoms with Gasteiger partial charge in [-0.1, -0.05) is 56.1 Å². The molecular formula is C52H56O12. The fourth-order valence-electron chi connectivity index (χ4n) is 5.72. The second kappa shape index (κ2) is 25.7. The SMILES string of the molecule is C=C(C)C(=O)OCCCCCCOc1ccc(C(=O)Oc2ccc(OC(=O)/C=C/c3ccc(-c4ccc(OCCC(COC(=O)C(=C)C)COC(=O)C(=C)C)cc4)cc3)c(C)c2)cc1. The molecule has 0 saturated heterocycles. The van der Waals surface area contributed by atoms with E-state index in [2.05, 4.69) is 19.7 Å². The second-order valence-electron chi connectivity index (χ2n) is 15.2. The van der Waals surface area contributed by atoms with E-state index in [0.29, 0.717) is 65.9 Å². The zero-order valence-corrected chi connectivity index (χ0v) is 37.0. The van der Waals surface area contributed by atoms with Crippen LogP contribution in [0.3, 0.4) is 0 Å². The summed E-state index contributed by atoms with van der Waals surface area (Å²) in [5.41, 5.74) is 4.64. The zero-order chi connectivity index (χ0) is 46.4. The van der Waals surface area contributed by atoms with E-state index >= 15 is 0 Å². The van der Waals surface area contributed by atoms with Crippen LogP contribution in [0.4, 0.5) is 0 Å². The van der Waals surface area contributed by atoms with Gasteiger partial charge in [0, 0.05) is 28.7 Å². The number of esters is 5. The summed E-state index contributed by atoms with van der Waals surface area (Å²) in [6, 6.07) is 26.7. The van der Waals surface area contributed by atoms with Gasteiger partial charge in [-0.2, -0.15) is 0 Å². The summed E-state index contributed by atoms with van der Waals surface area (Å²) in [5, 5.41) is 0. The van der Waals surface area contributed by atoms with Crippen LogP contribution < -0.4 is 18.9 Å². The van der Waals surface area contributed by atoms with Gasteiger partial charge in [-0.3, -0.25) is 0 Å². The van der Waals surface area contributed by atoms with E-state index in [4.69, 9.17) is 33.2 Å². The minimum absolute atomic E-state index is 0.0532. The molecule has 64 heavy (non-hydrogen) atoms. The Bertz CT molecular complexity index is 2260. The standard InChI is InChI=1S/C52H56O12/c1-35(2)49(54)60-30-11-9-8-10-29-58-44-23-19-43(20-24-44)52(57)63-46-25-26-47(38(7)32-46)64-48(53)27-14-39-12-15-41(16-13-39)42-17-21-45(22-18-42)59-31-28-40(33-61-50(55)36(3)4)34-62-51(56)37(5)6/h12-27,32,40H,1,3,5,8-11,28-31,33-34H2,2,4,6-7H3/b27-14+. The number of benzene rings is 4. The van der Waals surface area contributed by atoms with Gasteiger partial charge in [0.2, 0.25) is 0 Å². The molecule has 0 saturated carbocycles. The molecule has 0 N–H and O–H groups in total. The average Bonchev–Trinajstić information content (AvgIpc) is 3.28. The third-order valence-electron chi connectivity index (χ3n) is 9.45. The van der Waals surface area contributed by atoms with Crippen LogP contribution in [-0.2, 0) is 33.4 Å². The molecule has 4 aromatic rings. The van der Waals surface area contributed by atoms with Gasteiger partial charge in [0.25, 0.3) is 0 Å². The Kier molecular flexibility index (Phi) is 19.8. The van der Waals surface area contributed by atoms with Gasteiger partial charge < -0.3 is 33.2 Å². The van der Waals surface area contributed by atoms with Gasteiger partial charge in [0.05, 0.1) is 38.6 Å². The fourth-order valence-corrected chi connectivity index (χ4v) is 5.72. The van der Waals surface area contributed by atoms with Crippen LogP contribution in [0.1, 0.15) is 74.4 Å². The first-order valence-corrected chi connectivity index (χ1v) is 20.9. The molecule has 0 spiro atoms. The number of unbranched alkanes of at least 4 members (excludes halogenated alkanes) is 3. The first-order chi connectivity index (χ1) is 30.7. The van der Waals surface area contributed by atoms with Crippen molar-refractivity contribution in [3.63, 3.8) is 0 Å². The predicted octanol–water partition coefficient (Wildman–Crippen LogP) is 10.2. The van der Waals surface area contributed by atoms with Crippen LogP contribution in [0.25, 0.3) is 17.2 Å². The highest BCUT2D eigenvalue weighted by Crippen LogP contribution is 2.26. The third kappa shape index (κ3) is 17.3. The van der Waals surface area contributed by atoms with E-state index in [9.17, 15) is 24.0 Å². The first-order valence-electron chi connectivity index (χ1n) is 20.9. The van der Waals surface area contributed by atoms with Crippen molar-refractivity contribution >= 4 is 35.9 Å². The van der Waals surface area contributed by atoms with Crippen LogP contribution in [0.15, 0.2) is 134 Å². The van der Waals surface area contributed by atoms with Gasteiger partial charge in [-0.05, 0) is 143 Å². The Balaban J connectivity index is 1.18. The summed E-state index contributed by atoms with van der Waals surface area (Å²) in [4.78, 5) is 60.7. The molecule has 0 aliphatic heterocycles. The van der Waals surface area contributed by atoms with Crippen molar-refractivity contribution in [2.24, 2.45) is 5.92 Å². The molecule has 4 rings (SSSR count). The smallest absolute Gasteiger partial charge is 0.343 e. The maximum atomic E-state index is 12.8. The number of carbonyl (C=O) groups excluding carboxylic acids is 5. The lowest BCUT2D eigenvalue weighted by atomic mass is 10.0. The zero-order valence-electron chi connectivity index (χ0n) is 37.0. The van der Waals surface area contributed by atoms with E-state index in [1.165, 1.54) is 6.08 Å². The van der Waals surface area contributed by atoms with Gasteiger partial charge >= 0.3 is 29.8 Å². The average molecular weight is 873 g/mol. The predicted molar refractivity (Wildman–Crippen MR) is 244 cm³/mol. The monoisotopic (exact) mass is 872 g/mol. The molecule has 0 amide bonds. The van der Waals surface area contributed by atoms with Crippen molar-refractivity contribution in [3.05, 3.63) is 150 Å². The molecule has 0 radical (unpaired) electrons. The minimum Gasteiger partial charge on any atom is -0.494 e. The van der Waals surface area contributed by atoms with Crippen molar-refractivity contribution in [1.29, 1.82) is 0 Å². The van der Waals surface area contributed by atoms with Crippen LogP contribution in [-0.4, -0.2) is 62.9 Å². The molecule has 0 atom stereocenters. The van der Waals surface area contributed by atoms with Crippen molar-refractivity contribution in [1.82, 2.24) is 0 Å². The highest BCUT2D eigenvalue weighted by Gasteiger charge is 2.17. The van der Waals surface area contributed by atoms with Crippen LogP contribution in [0.5, 0.6) is 23.0 Å². The summed E-state index contributed by atoms with van der Waals surface area (Å²) < 4.78 is 38.5. The number of hydrogen-bond acceptors (Lipinski definition) is 12. The number of ether oxygens (including phenoxy) is 7. The normalized spacial score (nSPS) is 10.8. The Hall–Kier alpha value is -7.21. The lowest BCUT2D eigenvalue weighted by molar-refractivity contribution is -0.144. The van der Waals surface area contributed by atoms with E-state index in [1.807, 2.05) is 48.5 Å². The quantitative estimate of drug-likeness (QED) is 0.0205. The van der Waals surface area contributed by atoms with Crippen LogP contribution in [0, 0.1) is 12.8 Å². The molecule has 0 heterocycles. The maximum absolute atomic E-state index is 12.8. The van der Waals surface area contributed by atoms with E-state index < -0.39 is 23.9 Å². The van der Waals surface area contributed by atoms with Crippen LogP contribution in [0.2, 0.25) is 0 Å². The minimum atomic E-state index is -0.566. The van der Waals surface area contributed by atoms with E-state index in [0.717, 1.165) is 42.4 Å². The summed E-state index contributed by atoms with van der Waals surface area (Å²) >= 11 is 0. The molecule has 12 nitrogen and oxygen atoms in total. The molecule has 0 aliphatic rings. The summed E-state index contributed by atoms with van der Waals surface area (Å²) in [5.74, 6) is -0.849. The lowest BCUT2D eigenvalue weighted by Gasteiger charge is -2.18. The number of carbonyl (C=O) groups is 5. The van der Waals surface area contributed by atoms with Gasteiger partial charge in [0.15, 0.2) is 0 Å². The van der Waals surface area contributed by atoms with Gasteiger partial charge in [0.1, 0.15) is 23.0 Å². The molecule has 336 valence electrons. The van der Waals surface area contributed by atoms with Crippen molar-refractivity contribution in [2.45, 2.75) is 59.8 Å². The molecule has 0 aromatic heterocycles. The molecule has 12 heteroatoms. The number of hydrogen-bond donors (Lipinski definition) is 0. The third-order valence-corrected chi connectivity index (χ3v) is 9.45. The molecule has 4 aromatic carbocycles.